The van der Waals surface area contributed by atoms with Crippen LogP contribution in [0.15, 0.2) is 23.1 Å². The van der Waals surface area contributed by atoms with Gasteiger partial charge >= 0.3 is 5.97 Å². The largest absolute Gasteiger partial charge is 0.478 e. The molecule has 0 radical (unpaired) electrons. The van der Waals surface area contributed by atoms with Crippen molar-refractivity contribution in [2.75, 3.05) is 25.0 Å². The molecule has 0 aliphatic heterocycles. The molecule has 0 bridgehead atoms. The van der Waals surface area contributed by atoms with Crippen LogP contribution in [0.1, 0.15) is 30.6 Å². The van der Waals surface area contributed by atoms with E-state index in [9.17, 15) is 13.2 Å². The standard InChI is InChI=1S/C14H22N2O5S/c1-10(2)5-6-15-12-4-3-11(14(18)19)9-13(12)22(20,21)16-7-8-17/h3-4,9-10,15-17H,5-8H2,1-2H3,(H,18,19). The molecule has 124 valence electrons. The van der Waals surface area contributed by atoms with Crippen molar-refractivity contribution in [2.45, 2.75) is 25.2 Å². The molecule has 0 unspecified atom stereocenters. The van der Waals surface area contributed by atoms with E-state index < -0.39 is 16.0 Å². The SMILES string of the molecule is CC(C)CCNc1ccc(C(=O)O)cc1S(=O)(=O)NCCO. The van der Waals surface area contributed by atoms with Crippen LogP contribution < -0.4 is 10.0 Å². The third-order valence-electron chi connectivity index (χ3n) is 2.96. The minimum Gasteiger partial charge on any atom is -0.478 e. The van der Waals surface area contributed by atoms with Gasteiger partial charge in [0.15, 0.2) is 0 Å². The number of aromatic carboxylic acids is 1. The van der Waals surface area contributed by atoms with Crippen LogP contribution in [0.5, 0.6) is 0 Å². The monoisotopic (exact) mass is 330 g/mol. The first kappa shape index (κ1) is 18.4. The second kappa shape index (κ2) is 8.11. The van der Waals surface area contributed by atoms with Gasteiger partial charge in [0, 0.05) is 13.1 Å². The lowest BCUT2D eigenvalue weighted by molar-refractivity contribution is 0.0696. The van der Waals surface area contributed by atoms with Crippen molar-refractivity contribution < 1.29 is 23.4 Å². The molecule has 0 aliphatic rings. The molecular formula is C14H22N2O5S. The fourth-order valence-electron chi connectivity index (χ4n) is 1.78. The summed E-state index contributed by atoms with van der Waals surface area (Å²) in [5.74, 6) is -0.745. The quantitative estimate of drug-likeness (QED) is 0.539. The average molecular weight is 330 g/mol. The Hall–Kier alpha value is -1.64. The van der Waals surface area contributed by atoms with Crippen molar-refractivity contribution in [3.8, 4) is 0 Å². The van der Waals surface area contributed by atoms with Gasteiger partial charge in [-0.05, 0) is 30.5 Å². The van der Waals surface area contributed by atoms with Crippen molar-refractivity contribution in [1.82, 2.24) is 4.72 Å². The molecule has 0 atom stereocenters. The molecule has 0 heterocycles. The predicted octanol–water partition coefficient (Wildman–Crippen LogP) is 1.11. The maximum atomic E-state index is 12.2. The van der Waals surface area contributed by atoms with E-state index in [1.807, 2.05) is 0 Å². The molecule has 1 aromatic carbocycles. The van der Waals surface area contributed by atoms with Gasteiger partial charge in [-0.2, -0.15) is 0 Å². The van der Waals surface area contributed by atoms with E-state index in [1.54, 1.807) is 0 Å². The Morgan fingerprint density at radius 2 is 1.95 bits per heavy atom. The number of aliphatic hydroxyl groups is 1. The molecule has 22 heavy (non-hydrogen) atoms. The normalized spacial score (nSPS) is 11.6. The fraction of sp³-hybridized carbons (Fsp3) is 0.500. The number of carboxylic acids is 1. The summed E-state index contributed by atoms with van der Waals surface area (Å²) in [4.78, 5) is 10.9. The molecule has 0 amide bonds. The summed E-state index contributed by atoms with van der Waals surface area (Å²) < 4.78 is 26.7. The van der Waals surface area contributed by atoms with Gasteiger partial charge in [0.2, 0.25) is 10.0 Å². The summed E-state index contributed by atoms with van der Waals surface area (Å²) >= 11 is 0. The number of hydrogen-bond donors (Lipinski definition) is 4. The lowest BCUT2D eigenvalue weighted by Crippen LogP contribution is -2.27. The Morgan fingerprint density at radius 3 is 2.50 bits per heavy atom. The Kier molecular flexibility index (Phi) is 6.79. The summed E-state index contributed by atoms with van der Waals surface area (Å²) in [5, 5.41) is 20.8. The molecule has 4 N–H and O–H groups in total. The van der Waals surface area contributed by atoms with E-state index in [0.717, 1.165) is 12.5 Å². The van der Waals surface area contributed by atoms with Gasteiger partial charge in [-0.3, -0.25) is 0 Å². The third-order valence-corrected chi connectivity index (χ3v) is 4.46. The smallest absolute Gasteiger partial charge is 0.335 e. The molecule has 0 aromatic heterocycles. The molecule has 1 rings (SSSR count). The van der Waals surface area contributed by atoms with Crippen LogP contribution in [-0.4, -0.2) is 44.3 Å². The zero-order valence-corrected chi connectivity index (χ0v) is 13.5. The number of aliphatic hydroxyl groups excluding tert-OH is 1. The van der Waals surface area contributed by atoms with Crippen LogP contribution in [0.3, 0.4) is 0 Å². The topological polar surface area (TPSA) is 116 Å². The van der Waals surface area contributed by atoms with Gasteiger partial charge in [0.05, 0.1) is 17.9 Å². The van der Waals surface area contributed by atoms with Gasteiger partial charge in [-0.1, -0.05) is 13.8 Å². The fourth-order valence-corrected chi connectivity index (χ4v) is 3.00. The van der Waals surface area contributed by atoms with Gasteiger partial charge < -0.3 is 15.5 Å². The summed E-state index contributed by atoms with van der Waals surface area (Å²) in [6.45, 7) is 4.21. The minimum atomic E-state index is -3.90. The van der Waals surface area contributed by atoms with Crippen molar-refractivity contribution in [1.29, 1.82) is 0 Å². The molecule has 1 aromatic rings. The van der Waals surface area contributed by atoms with E-state index in [4.69, 9.17) is 10.2 Å². The third kappa shape index (κ3) is 5.28. The van der Waals surface area contributed by atoms with Gasteiger partial charge in [-0.25, -0.2) is 17.9 Å². The Bertz CT molecular complexity index is 614. The highest BCUT2D eigenvalue weighted by Crippen LogP contribution is 2.23. The summed E-state index contributed by atoms with van der Waals surface area (Å²) in [5.41, 5.74) is 0.231. The van der Waals surface area contributed by atoms with Crippen LogP contribution in [0.25, 0.3) is 0 Å². The lowest BCUT2D eigenvalue weighted by Gasteiger charge is -2.14. The van der Waals surface area contributed by atoms with E-state index in [1.165, 1.54) is 12.1 Å². The highest BCUT2D eigenvalue weighted by atomic mass is 32.2. The van der Waals surface area contributed by atoms with Crippen molar-refractivity contribution in [3.63, 3.8) is 0 Å². The zero-order chi connectivity index (χ0) is 16.8. The molecule has 0 aliphatic carbocycles. The first-order chi connectivity index (χ1) is 10.3. The van der Waals surface area contributed by atoms with Crippen LogP contribution >= 0.6 is 0 Å². The maximum absolute atomic E-state index is 12.2. The molecule has 0 saturated carbocycles. The number of hydrogen-bond acceptors (Lipinski definition) is 5. The van der Waals surface area contributed by atoms with Gasteiger partial charge in [0.1, 0.15) is 4.90 Å². The Balaban J connectivity index is 3.12. The lowest BCUT2D eigenvalue weighted by atomic mass is 10.1. The molecule has 0 saturated heterocycles. The van der Waals surface area contributed by atoms with Gasteiger partial charge in [0.25, 0.3) is 0 Å². The maximum Gasteiger partial charge on any atom is 0.335 e. The summed E-state index contributed by atoms with van der Waals surface area (Å²) in [7, 11) is -3.90. The first-order valence-corrected chi connectivity index (χ1v) is 8.48. The molecule has 8 heteroatoms. The van der Waals surface area contributed by atoms with Gasteiger partial charge in [-0.15, -0.1) is 0 Å². The number of carboxylic acid groups (broad SMARTS) is 1. The molecule has 0 spiro atoms. The van der Waals surface area contributed by atoms with E-state index in [0.29, 0.717) is 18.2 Å². The minimum absolute atomic E-state index is 0.112. The van der Waals surface area contributed by atoms with Crippen LogP contribution in [-0.2, 0) is 10.0 Å². The average Bonchev–Trinajstić information content (AvgIpc) is 2.44. The van der Waals surface area contributed by atoms with Crippen molar-refractivity contribution in [2.24, 2.45) is 5.92 Å². The van der Waals surface area contributed by atoms with E-state index >= 15 is 0 Å². The van der Waals surface area contributed by atoms with E-state index in [-0.39, 0.29) is 23.6 Å². The van der Waals surface area contributed by atoms with E-state index in [2.05, 4.69) is 23.9 Å². The highest BCUT2D eigenvalue weighted by molar-refractivity contribution is 7.89. The first-order valence-electron chi connectivity index (χ1n) is 6.99. The number of nitrogens with one attached hydrogen (secondary N) is 2. The zero-order valence-electron chi connectivity index (χ0n) is 12.7. The van der Waals surface area contributed by atoms with Crippen molar-refractivity contribution >= 4 is 21.7 Å². The Labute approximate surface area is 130 Å². The Morgan fingerprint density at radius 1 is 1.27 bits per heavy atom. The number of rotatable bonds is 9. The summed E-state index contributed by atoms with van der Waals surface area (Å²) in [6.07, 6.45) is 0.851. The van der Waals surface area contributed by atoms with Crippen LogP contribution in [0.2, 0.25) is 0 Å². The van der Waals surface area contributed by atoms with Crippen LogP contribution in [0.4, 0.5) is 5.69 Å². The number of anilines is 1. The highest BCUT2D eigenvalue weighted by Gasteiger charge is 2.20. The molecule has 7 nitrogen and oxygen atoms in total. The second-order valence-electron chi connectivity index (χ2n) is 5.25. The molecule has 0 fully saturated rings. The number of benzene rings is 1. The number of sulfonamides is 1. The number of carbonyl (C=O) groups is 1. The molecular weight excluding hydrogens is 308 g/mol. The summed E-state index contributed by atoms with van der Waals surface area (Å²) in [6, 6.07) is 3.90. The van der Waals surface area contributed by atoms with Crippen molar-refractivity contribution in [3.05, 3.63) is 23.8 Å². The second-order valence-corrected chi connectivity index (χ2v) is 6.98. The predicted molar refractivity (Wildman–Crippen MR) is 83.6 cm³/mol. The van der Waals surface area contributed by atoms with Crippen LogP contribution in [0, 0.1) is 5.92 Å².